The Kier molecular flexibility index (Phi) is 6.28. The number of hydrogen-bond donors (Lipinski definition) is 1. The lowest BCUT2D eigenvalue weighted by molar-refractivity contribution is -0.131. The van der Waals surface area contributed by atoms with E-state index in [-0.39, 0.29) is 23.8 Å². The SMILES string of the molecule is CCC[C@H](C)NC(=O)[C@H]1CCC(=O)N1S(=O)(=O)c1ccc(OC)c(C)c1. The van der Waals surface area contributed by atoms with E-state index >= 15 is 0 Å². The van der Waals surface area contributed by atoms with Gasteiger partial charge in [-0.15, -0.1) is 0 Å². The summed E-state index contributed by atoms with van der Waals surface area (Å²) in [6.07, 6.45) is 1.92. The van der Waals surface area contributed by atoms with E-state index in [1.807, 2.05) is 13.8 Å². The lowest BCUT2D eigenvalue weighted by atomic mass is 10.1. The van der Waals surface area contributed by atoms with Crippen molar-refractivity contribution in [2.45, 2.75) is 63.4 Å². The fourth-order valence-electron chi connectivity index (χ4n) is 3.17. The van der Waals surface area contributed by atoms with Gasteiger partial charge in [-0.05, 0) is 50.5 Å². The molecule has 0 aromatic heterocycles. The molecule has 1 aliphatic heterocycles. The van der Waals surface area contributed by atoms with Crippen molar-refractivity contribution in [2.75, 3.05) is 7.11 Å². The molecule has 2 amide bonds. The molecule has 144 valence electrons. The van der Waals surface area contributed by atoms with Crippen LogP contribution in [-0.4, -0.2) is 43.7 Å². The van der Waals surface area contributed by atoms with Crippen molar-refractivity contribution in [1.29, 1.82) is 0 Å². The van der Waals surface area contributed by atoms with Gasteiger partial charge in [0.15, 0.2) is 0 Å². The molecule has 1 saturated heterocycles. The molecule has 0 spiro atoms. The summed E-state index contributed by atoms with van der Waals surface area (Å²) in [6, 6.07) is 3.31. The first-order valence-electron chi connectivity index (χ1n) is 8.74. The third-order valence-corrected chi connectivity index (χ3v) is 6.32. The number of sulfonamides is 1. The second kappa shape index (κ2) is 8.07. The lowest BCUT2D eigenvalue weighted by Crippen LogP contribution is -2.49. The van der Waals surface area contributed by atoms with Crippen LogP contribution >= 0.6 is 0 Å². The Morgan fingerprint density at radius 3 is 2.69 bits per heavy atom. The van der Waals surface area contributed by atoms with Gasteiger partial charge in [0.2, 0.25) is 11.8 Å². The molecule has 1 aromatic carbocycles. The first-order chi connectivity index (χ1) is 12.2. The van der Waals surface area contributed by atoms with Gasteiger partial charge >= 0.3 is 0 Å². The maximum Gasteiger partial charge on any atom is 0.267 e. The number of rotatable bonds is 7. The van der Waals surface area contributed by atoms with E-state index in [0.717, 1.165) is 17.1 Å². The molecule has 0 saturated carbocycles. The molecule has 8 heteroatoms. The predicted octanol–water partition coefficient (Wildman–Crippen LogP) is 1.99. The van der Waals surface area contributed by atoms with Gasteiger partial charge in [0.05, 0.1) is 12.0 Å². The fraction of sp³-hybridized carbons (Fsp3) is 0.556. The van der Waals surface area contributed by atoms with Crippen LogP contribution in [0.15, 0.2) is 23.1 Å². The second-order valence-corrected chi connectivity index (χ2v) is 8.39. The number of methoxy groups -OCH3 is 1. The van der Waals surface area contributed by atoms with Crippen LogP contribution in [0.1, 0.15) is 45.1 Å². The van der Waals surface area contributed by atoms with Crippen molar-refractivity contribution in [3.8, 4) is 5.75 Å². The zero-order valence-electron chi connectivity index (χ0n) is 15.6. The highest BCUT2D eigenvalue weighted by molar-refractivity contribution is 7.89. The molecule has 1 aliphatic rings. The highest BCUT2D eigenvalue weighted by Gasteiger charge is 2.44. The van der Waals surface area contributed by atoms with E-state index < -0.39 is 27.9 Å². The van der Waals surface area contributed by atoms with Crippen LogP contribution in [0.25, 0.3) is 0 Å². The van der Waals surface area contributed by atoms with Crippen LogP contribution < -0.4 is 10.1 Å². The average Bonchev–Trinajstić information content (AvgIpc) is 2.97. The van der Waals surface area contributed by atoms with Crippen LogP contribution in [0.2, 0.25) is 0 Å². The Morgan fingerprint density at radius 1 is 1.42 bits per heavy atom. The predicted molar refractivity (Wildman–Crippen MR) is 97.3 cm³/mol. The zero-order chi connectivity index (χ0) is 19.5. The summed E-state index contributed by atoms with van der Waals surface area (Å²) in [5, 5.41) is 2.81. The standard InChI is InChI=1S/C18H26N2O5S/c1-5-6-13(3)19-18(22)15-8-10-17(21)20(15)26(23,24)14-7-9-16(25-4)12(2)11-14/h7,9,11,13,15H,5-6,8,10H2,1-4H3,(H,19,22)/t13-,15+/m0/s1. The molecule has 1 fully saturated rings. The van der Waals surface area contributed by atoms with Gasteiger partial charge in [-0.25, -0.2) is 12.7 Å². The first-order valence-corrected chi connectivity index (χ1v) is 10.2. The largest absolute Gasteiger partial charge is 0.496 e. The number of amides is 2. The summed E-state index contributed by atoms with van der Waals surface area (Å²) in [6.45, 7) is 5.59. The highest BCUT2D eigenvalue weighted by Crippen LogP contribution is 2.30. The highest BCUT2D eigenvalue weighted by atomic mass is 32.2. The molecule has 0 unspecified atom stereocenters. The molecule has 7 nitrogen and oxygen atoms in total. The van der Waals surface area contributed by atoms with Gasteiger partial charge < -0.3 is 10.1 Å². The number of carbonyl (C=O) groups excluding carboxylic acids is 2. The Hall–Kier alpha value is -2.09. The minimum atomic E-state index is -4.11. The lowest BCUT2D eigenvalue weighted by Gasteiger charge is -2.25. The summed E-state index contributed by atoms with van der Waals surface area (Å²) >= 11 is 0. The number of hydrogen-bond acceptors (Lipinski definition) is 5. The number of benzene rings is 1. The minimum absolute atomic E-state index is 0.0227. The normalized spacial score (nSPS) is 18.7. The maximum absolute atomic E-state index is 13.0. The van der Waals surface area contributed by atoms with Crippen LogP contribution in [0, 0.1) is 6.92 Å². The van der Waals surface area contributed by atoms with Gasteiger partial charge in [0.1, 0.15) is 11.8 Å². The monoisotopic (exact) mass is 382 g/mol. The number of carbonyl (C=O) groups is 2. The fourth-order valence-corrected chi connectivity index (χ4v) is 4.86. The Balaban J connectivity index is 2.31. The van der Waals surface area contributed by atoms with E-state index in [4.69, 9.17) is 4.74 Å². The maximum atomic E-state index is 13.0. The van der Waals surface area contributed by atoms with Crippen molar-refractivity contribution in [3.05, 3.63) is 23.8 Å². The van der Waals surface area contributed by atoms with Crippen molar-refractivity contribution in [1.82, 2.24) is 9.62 Å². The van der Waals surface area contributed by atoms with Crippen LogP contribution in [0.4, 0.5) is 0 Å². The van der Waals surface area contributed by atoms with Gasteiger partial charge in [0.25, 0.3) is 10.0 Å². The number of ether oxygens (including phenoxy) is 1. The number of nitrogens with zero attached hydrogens (tertiary/aromatic N) is 1. The van der Waals surface area contributed by atoms with Gasteiger partial charge in [-0.2, -0.15) is 0 Å². The van der Waals surface area contributed by atoms with Crippen LogP contribution in [0.3, 0.4) is 0 Å². The van der Waals surface area contributed by atoms with E-state index in [0.29, 0.717) is 11.3 Å². The third kappa shape index (κ3) is 4.00. The molecule has 0 aliphatic carbocycles. The second-order valence-electron chi connectivity index (χ2n) is 6.58. The van der Waals surface area contributed by atoms with E-state index in [1.54, 1.807) is 13.0 Å². The van der Waals surface area contributed by atoms with Crippen LogP contribution in [-0.2, 0) is 19.6 Å². The summed E-state index contributed by atoms with van der Waals surface area (Å²) in [7, 11) is -2.61. The van der Waals surface area contributed by atoms with E-state index in [9.17, 15) is 18.0 Å². The van der Waals surface area contributed by atoms with Gasteiger partial charge in [0, 0.05) is 12.5 Å². The third-order valence-electron chi connectivity index (χ3n) is 4.50. The molecule has 1 aromatic rings. The molecule has 2 rings (SSSR count). The van der Waals surface area contributed by atoms with Crippen molar-refractivity contribution in [3.63, 3.8) is 0 Å². The van der Waals surface area contributed by atoms with Crippen molar-refractivity contribution < 1.29 is 22.7 Å². The van der Waals surface area contributed by atoms with E-state index in [1.165, 1.54) is 19.2 Å². The zero-order valence-corrected chi connectivity index (χ0v) is 16.4. The average molecular weight is 382 g/mol. The van der Waals surface area contributed by atoms with Crippen molar-refractivity contribution >= 4 is 21.8 Å². The molecule has 1 heterocycles. The Bertz CT molecular complexity index is 791. The van der Waals surface area contributed by atoms with Crippen LogP contribution in [0.5, 0.6) is 5.75 Å². The summed E-state index contributed by atoms with van der Waals surface area (Å²) in [4.78, 5) is 24.8. The summed E-state index contributed by atoms with van der Waals surface area (Å²) < 4.78 is 31.9. The summed E-state index contributed by atoms with van der Waals surface area (Å²) in [5.41, 5.74) is 0.637. The number of aryl methyl sites for hydroxylation is 1. The topological polar surface area (TPSA) is 92.8 Å². The van der Waals surface area contributed by atoms with Gasteiger partial charge in [-0.3, -0.25) is 9.59 Å². The molecular formula is C18H26N2O5S. The van der Waals surface area contributed by atoms with E-state index in [2.05, 4.69) is 5.32 Å². The smallest absolute Gasteiger partial charge is 0.267 e. The molecule has 0 bridgehead atoms. The summed E-state index contributed by atoms with van der Waals surface area (Å²) in [5.74, 6) is -0.424. The molecule has 26 heavy (non-hydrogen) atoms. The number of nitrogens with one attached hydrogen (secondary N) is 1. The molecule has 0 radical (unpaired) electrons. The molecule has 2 atom stereocenters. The minimum Gasteiger partial charge on any atom is -0.496 e. The first kappa shape index (κ1) is 20.2. The Morgan fingerprint density at radius 2 is 2.12 bits per heavy atom. The molecule has 1 N–H and O–H groups in total. The van der Waals surface area contributed by atoms with Gasteiger partial charge in [-0.1, -0.05) is 13.3 Å². The molecular weight excluding hydrogens is 356 g/mol. The van der Waals surface area contributed by atoms with Crippen molar-refractivity contribution in [2.24, 2.45) is 0 Å². The Labute approximate surface area is 154 Å². The quantitative estimate of drug-likeness (QED) is 0.778.